The maximum Gasteiger partial charge on any atom is 0.153 e. The Morgan fingerprint density at radius 3 is 2.55 bits per heavy atom. The lowest BCUT2D eigenvalue weighted by molar-refractivity contribution is 1.05. The van der Waals surface area contributed by atoms with E-state index in [1.165, 1.54) is 0 Å². The second-order valence-electron chi connectivity index (χ2n) is 4.22. The van der Waals surface area contributed by atoms with Crippen molar-refractivity contribution in [3.63, 3.8) is 0 Å². The highest BCUT2D eigenvalue weighted by Gasteiger charge is 2.02. The second kappa shape index (κ2) is 5.35. The number of rotatable bonds is 4. The molecule has 0 amide bonds. The summed E-state index contributed by atoms with van der Waals surface area (Å²) in [6, 6.07) is 5.65. The van der Waals surface area contributed by atoms with Gasteiger partial charge < -0.3 is 10.6 Å². The van der Waals surface area contributed by atoms with Gasteiger partial charge in [-0.2, -0.15) is 5.10 Å². The van der Waals surface area contributed by atoms with E-state index >= 15 is 0 Å². The fourth-order valence-electron chi connectivity index (χ4n) is 1.68. The zero-order valence-corrected chi connectivity index (χ0v) is 10.8. The fourth-order valence-corrected chi connectivity index (χ4v) is 1.68. The normalized spacial score (nSPS) is 10.2. The molecule has 0 radical (unpaired) electrons. The first-order valence-electron chi connectivity index (χ1n) is 6.08. The number of pyridine rings is 1. The summed E-state index contributed by atoms with van der Waals surface area (Å²) in [4.78, 5) is 12.6. The van der Waals surface area contributed by atoms with Crippen LogP contribution in [-0.2, 0) is 0 Å². The first-order valence-corrected chi connectivity index (χ1v) is 6.08. The molecule has 3 aromatic rings. The van der Waals surface area contributed by atoms with Crippen LogP contribution in [0.5, 0.6) is 0 Å². The van der Waals surface area contributed by atoms with Crippen molar-refractivity contribution >= 4 is 23.1 Å². The van der Waals surface area contributed by atoms with Crippen LogP contribution in [0, 0.1) is 6.92 Å². The second-order valence-corrected chi connectivity index (χ2v) is 4.22. The number of hydrogen-bond acceptors (Lipinski definition) is 6. The Balaban J connectivity index is 1.76. The minimum atomic E-state index is 0.616. The van der Waals surface area contributed by atoms with Crippen molar-refractivity contribution in [1.82, 2.24) is 25.1 Å². The Bertz CT molecular complexity index is 693. The summed E-state index contributed by atoms with van der Waals surface area (Å²) in [5.74, 6) is 1.95. The molecular weight excluding hydrogens is 254 g/mol. The molecule has 100 valence electrons. The summed E-state index contributed by atoms with van der Waals surface area (Å²) in [7, 11) is 0. The van der Waals surface area contributed by atoms with Gasteiger partial charge in [-0.05, 0) is 19.1 Å². The molecule has 0 aromatic carbocycles. The summed E-state index contributed by atoms with van der Waals surface area (Å²) in [6.45, 7) is 1.93. The molecule has 0 saturated carbocycles. The quantitative estimate of drug-likeness (QED) is 0.672. The minimum absolute atomic E-state index is 0.616. The van der Waals surface area contributed by atoms with E-state index in [0.29, 0.717) is 17.5 Å². The average molecular weight is 267 g/mol. The lowest BCUT2D eigenvalue weighted by atomic mass is 10.4. The molecule has 3 N–H and O–H groups in total. The molecule has 20 heavy (non-hydrogen) atoms. The van der Waals surface area contributed by atoms with Gasteiger partial charge in [-0.1, -0.05) is 0 Å². The van der Waals surface area contributed by atoms with Crippen LogP contribution in [0.3, 0.4) is 0 Å². The Morgan fingerprint density at radius 2 is 1.85 bits per heavy atom. The summed E-state index contributed by atoms with van der Waals surface area (Å²) in [5, 5.41) is 13.2. The van der Waals surface area contributed by atoms with Crippen LogP contribution < -0.4 is 10.6 Å². The minimum Gasteiger partial charge on any atom is -0.338 e. The van der Waals surface area contributed by atoms with Gasteiger partial charge in [0.25, 0.3) is 0 Å². The van der Waals surface area contributed by atoms with Crippen LogP contribution in [0.15, 0.2) is 43.0 Å². The number of nitrogens with zero attached hydrogens (tertiary/aromatic N) is 4. The van der Waals surface area contributed by atoms with E-state index in [-0.39, 0.29) is 0 Å². The van der Waals surface area contributed by atoms with Crippen LogP contribution in [0.4, 0.5) is 23.1 Å². The van der Waals surface area contributed by atoms with Crippen LogP contribution in [0.25, 0.3) is 0 Å². The van der Waals surface area contributed by atoms with Crippen molar-refractivity contribution < 1.29 is 0 Å². The Hall–Kier alpha value is -2.96. The zero-order chi connectivity index (χ0) is 13.8. The maximum absolute atomic E-state index is 4.41. The monoisotopic (exact) mass is 267 g/mol. The van der Waals surface area contributed by atoms with E-state index in [1.807, 2.05) is 25.1 Å². The molecule has 0 fully saturated rings. The summed E-state index contributed by atoms with van der Waals surface area (Å²) < 4.78 is 0. The van der Waals surface area contributed by atoms with Gasteiger partial charge >= 0.3 is 0 Å². The number of aromatic nitrogens is 5. The molecule has 7 heteroatoms. The molecule has 3 heterocycles. The van der Waals surface area contributed by atoms with Gasteiger partial charge in [0.05, 0.1) is 24.3 Å². The zero-order valence-electron chi connectivity index (χ0n) is 10.8. The summed E-state index contributed by atoms with van der Waals surface area (Å²) in [6.07, 6.45) is 6.72. The number of H-pyrrole nitrogens is 1. The molecule has 3 rings (SSSR count). The van der Waals surface area contributed by atoms with E-state index in [2.05, 4.69) is 35.8 Å². The lowest BCUT2D eigenvalue weighted by Gasteiger charge is -2.06. The molecule has 0 aliphatic carbocycles. The van der Waals surface area contributed by atoms with Gasteiger partial charge in [0.2, 0.25) is 0 Å². The van der Waals surface area contributed by atoms with Gasteiger partial charge in [0.1, 0.15) is 0 Å². The standard InChI is InChI=1S/C13H13N7/c1-9-5-11(20-19-9)17-13-8-15-7-12(18-13)16-10-3-2-4-14-6-10/h2-8H,1H3,(H3,16,17,18,19,20). The van der Waals surface area contributed by atoms with Crippen LogP contribution in [0.1, 0.15) is 5.69 Å². The van der Waals surface area contributed by atoms with Crippen molar-refractivity contribution in [2.75, 3.05) is 10.6 Å². The van der Waals surface area contributed by atoms with Gasteiger partial charge in [0, 0.05) is 18.0 Å². The lowest BCUT2D eigenvalue weighted by Crippen LogP contribution is -1.99. The fraction of sp³-hybridized carbons (Fsp3) is 0.0769. The van der Waals surface area contributed by atoms with Gasteiger partial charge in [-0.3, -0.25) is 15.1 Å². The maximum atomic E-state index is 4.41. The summed E-state index contributed by atoms with van der Waals surface area (Å²) >= 11 is 0. The highest BCUT2D eigenvalue weighted by molar-refractivity contribution is 5.58. The van der Waals surface area contributed by atoms with E-state index in [0.717, 1.165) is 11.4 Å². The Morgan fingerprint density at radius 1 is 1.00 bits per heavy atom. The van der Waals surface area contributed by atoms with Gasteiger partial charge in [-0.25, -0.2) is 4.98 Å². The van der Waals surface area contributed by atoms with Crippen molar-refractivity contribution in [3.05, 3.63) is 48.7 Å². The van der Waals surface area contributed by atoms with Crippen molar-refractivity contribution in [2.45, 2.75) is 6.92 Å². The molecule has 0 aliphatic rings. The predicted octanol–water partition coefficient (Wildman–Crippen LogP) is 2.39. The number of anilines is 4. The topological polar surface area (TPSA) is 91.4 Å². The molecule has 3 aromatic heterocycles. The number of hydrogen-bond donors (Lipinski definition) is 3. The SMILES string of the molecule is Cc1cc(Nc2cncc(Nc3cccnc3)n2)n[nH]1. The molecule has 0 unspecified atom stereocenters. The average Bonchev–Trinajstić information content (AvgIpc) is 2.86. The molecule has 0 spiro atoms. The van der Waals surface area contributed by atoms with Crippen molar-refractivity contribution in [1.29, 1.82) is 0 Å². The largest absolute Gasteiger partial charge is 0.338 e. The Labute approximate surface area is 115 Å². The highest BCUT2D eigenvalue weighted by Crippen LogP contribution is 2.16. The third kappa shape index (κ3) is 2.89. The number of aryl methyl sites for hydroxylation is 1. The molecule has 7 nitrogen and oxygen atoms in total. The number of nitrogens with one attached hydrogen (secondary N) is 3. The third-order valence-electron chi connectivity index (χ3n) is 2.53. The predicted molar refractivity (Wildman–Crippen MR) is 76.2 cm³/mol. The Kier molecular flexibility index (Phi) is 3.24. The smallest absolute Gasteiger partial charge is 0.153 e. The van der Waals surface area contributed by atoms with Crippen LogP contribution >= 0.6 is 0 Å². The van der Waals surface area contributed by atoms with E-state index in [4.69, 9.17) is 0 Å². The highest BCUT2D eigenvalue weighted by atomic mass is 15.2. The van der Waals surface area contributed by atoms with Crippen molar-refractivity contribution in [3.8, 4) is 0 Å². The van der Waals surface area contributed by atoms with Gasteiger partial charge in [0.15, 0.2) is 17.5 Å². The van der Waals surface area contributed by atoms with E-state index < -0.39 is 0 Å². The molecule has 0 aliphatic heterocycles. The molecule has 0 saturated heterocycles. The van der Waals surface area contributed by atoms with Gasteiger partial charge in [-0.15, -0.1) is 0 Å². The first-order chi connectivity index (χ1) is 9.79. The summed E-state index contributed by atoms with van der Waals surface area (Å²) in [5.41, 5.74) is 1.83. The molecular formula is C13H13N7. The van der Waals surface area contributed by atoms with Crippen LogP contribution in [-0.4, -0.2) is 25.1 Å². The first kappa shape index (κ1) is 12.1. The van der Waals surface area contributed by atoms with E-state index in [1.54, 1.807) is 24.8 Å². The molecule has 0 atom stereocenters. The van der Waals surface area contributed by atoms with E-state index in [9.17, 15) is 0 Å². The van der Waals surface area contributed by atoms with Crippen molar-refractivity contribution in [2.24, 2.45) is 0 Å². The third-order valence-corrected chi connectivity index (χ3v) is 2.53. The number of aromatic amines is 1. The molecule has 0 bridgehead atoms. The van der Waals surface area contributed by atoms with Crippen LogP contribution in [0.2, 0.25) is 0 Å².